The molecular weight excluding hydrogens is 258 g/mol. The number of carbonyl (C=O) groups is 1. The van der Waals surface area contributed by atoms with E-state index < -0.39 is 5.97 Å². The fourth-order valence-corrected chi connectivity index (χ4v) is 1.80. The van der Waals surface area contributed by atoms with Gasteiger partial charge in [-0.05, 0) is 24.6 Å². The molecule has 6 heteroatoms. The van der Waals surface area contributed by atoms with Gasteiger partial charge in [0.15, 0.2) is 5.69 Å². The Hall–Kier alpha value is -2.50. The first-order valence-electron chi connectivity index (χ1n) is 6.27. The van der Waals surface area contributed by atoms with Crippen LogP contribution in [0.3, 0.4) is 0 Å². The molecule has 0 saturated carbocycles. The summed E-state index contributed by atoms with van der Waals surface area (Å²) in [6.45, 7) is 2.62. The molecule has 2 aromatic rings. The second kappa shape index (κ2) is 6.10. The maximum Gasteiger partial charge on any atom is 0.359 e. The monoisotopic (exact) mass is 275 g/mol. The lowest BCUT2D eigenvalue weighted by Gasteiger charge is -2.07. The van der Waals surface area contributed by atoms with Crippen molar-refractivity contribution >= 4 is 11.7 Å². The quantitative estimate of drug-likeness (QED) is 0.842. The van der Waals surface area contributed by atoms with Crippen molar-refractivity contribution in [2.24, 2.45) is 0 Å². The Morgan fingerprint density at radius 1 is 1.35 bits per heavy atom. The van der Waals surface area contributed by atoms with Gasteiger partial charge >= 0.3 is 5.97 Å². The summed E-state index contributed by atoms with van der Waals surface area (Å²) in [7, 11) is 1.60. The molecule has 0 aliphatic heterocycles. The largest absolute Gasteiger partial charge is 0.497 e. The predicted octanol–water partition coefficient (Wildman–Crippen LogP) is 1.85. The molecule has 1 aromatic carbocycles. The van der Waals surface area contributed by atoms with Crippen LogP contribution in [0.15, 0.2) is 30.5 Å². The molecule has 0 atom stereocenters. The summed E-state index contributed by atoms with van der Waals surface area (Å²) >= 11 is 0. The number of ether oxygens (including phenoxy) is 2. The maximum absolute atomic E-state index is 12.0. The van der Waals surface area contributed by atoms with Crippen LogP contribution in [0.2, 0.25) is 0 Å². The van der Waals surface area contributed by atoms with Crippen LogP contribution in [0.4, 0.5) is 5.69 Å². The standard InChI is InChI=1S/C14H17N3O3/c1-3-17-13(12(15)8-16-17)14(18)20-9-10-4-6-11(19-2)7-5-10/h4-8H,3,9,15H2,1-2H3. The van der Waals surface area contributed by atoms with Gasteiger partial charge in [-0.2, -0.15) is 5.10 Å². The number of hydrogen-bond acceptors (Lipinski definition) is 5. The van der Waals surface area contributed by atoms with Crippen LogP contribution in [0.25, 0.3) is 0 Å². The van der Waals surface area contributed by atoms with Gasteiger partial charge in [0.05, 0.1) is 19.0 Å². The number of aryl methyl sites for hydroxylation is 1. The van der Waals surface area contributed by atoms with Crippen LogP contribution >= 0.6 is 0 Å². The van der Waals surface area contributed by atoms with Gasteiger partial charge in [0.2, 0.25) is 0 Å². The van der Waals surface area contributed by atoms with Crippen molar-refractivity contribution in [1.29, 1.82) is 0 Å². The Balaban J connectivity index is 2.02. The summed E-state index contributed by atoms with van der Waals surface area (Å²) < 4.78 is 11.8. The third-order valence-corrected chi connectivity index (χ3v) is 2.89. The van der Waals surface area contributed by atoms with Crippen LogP contribution in [0.5, 0.6) is 5.75 Å². The van der Waals surface area contributed by atoms with E-state index >= 15 is 0 Å². The van der Waals surface area contributed by atoms with Crippen LogP contribution in [-0.2, 0) is 17.9 Å². The van der Waals surface area contributed by atoms with E-state index in [0.29, 0.717) is 17.9 Å². The van der Waals surface area contributed by atoms with Crippen molar-refractivity contribution in [2.75, 3.05) is 12.8 Å². The maximum atomic E-state index is 12.0. The highest BCUT2D eigenvalue weighted by Crippen LogP contribution is 2.15. The first-order chi connectivity index (χ1) is 9.65. The van der Waals surface area contributed by atoms with Gasteiger partial charge in [0, 0.05) is 6.54 Å². The highest BCUT2D eigenvalue weighted by atomic mass is 16.5. The van der Waals surface area contributed by atoms with Gasteiger partial charge < -0.3 is 15.2 Å². The summed E-state index contributed by atoms with van der Waals surface area (Å²) in [4.78, 5) is 12.0. The molecule has 0 radical (unpaired) electrons. The minimum Gasteiger partial charge on any atom is -0.497 e. The second-order valence-corrected chi connectivity index (χ2v) is 4.19. The second-order valence-electron chi connectivity index (χ2n) is 4.19. The summed E-state index contributed by atoms with van der Waals surface area (Å²) in [5.41, 5.74) is 7.22. The van der Waals surface area contributed by atoms with E-state index in [0.717, 1.165) is 11.3 Å². The highest BCUT2D eigenvalue weighted by Gasteiger charge is 2.17. The van der Waals surface area contributed by atoms with Crippen molar-refractivity contribution in [2.45, 2.75) is 20.1 Å². The zero-order chi connectivity index (χ0) is 14.5. The number of esters is 1. The molecule has 0 fully saturated rings. The Labute approximate surface area is 117 Å². The summed E-state index contributed by atoms with van der Waals surface area (Å²) in [6, 6.07) is 7.31. The molecule has 1 aromatic heterocycles. The molecule has 0 saturated heterocycles. The zero-order valence-electron chi connectivity index (χ0n) is 11.5. The third-order valence-electron chi connectivity index (χ3n) is 2.89. The normalized spacial score (nSPS) is 10.3. The fraction of sp³-hybridized carbons (Fsp3) is 0.286. The minimum atomic E-state index is -0.474. The van der Waals surface area contributed by atoms with Crippen molar-refractivity contribution in [3.63, 3.8) is 0 Å². The smallest absolute Gasteiger partial charge is 0.359 e. The van der Waals surface area contributed by atoms with Gasteiger partial charge in [-0.25, -0.2) is 4.79 Å². The average molecular weight is 275 g/mol. The van der Waals surface area contributed by atoms with E-state index in [9.17, 15) is 4.79 Å². The molecule has 2 rings (SSSR count). The number of carbonyl (C=O) groups excluding carboxylic acids is 1. The zero-order valence-corrected chi connectivity index (χ0v) is 11.5. The molecule has 0 aliphatic rings. The number of anilines is 1. The van der Waals surface area contributed by atoms with Gasteiger partial charge in [0.1, 0.15) is 12.4 Å². The highest BCUT2D eigenvalue weighted by molar-refractivity contribution is 5.93. The number of methoxy groups -OCH3 is 1. The number of nitrogen functional groups attached to an aromatic ring is 1. The van der Waals surface area contributed by atoms with Gasteiger partial charge in [-0.1, -0.05) is 12.1 Å². The Bertz CT molecular complexity index is 590. The molecule has 106 valence electrons. The topological polar surface area (TPSA) is 79.4 Å². The number of nitrogens with zero attached hydrogens (tertiary/aromatic N) is 2. The number of aromatic nitrogens is 2. The van der Waals surface area contributed by atoms with Crippen molar-refractivity contribution in [3.8, 4) is 5.75 Å². The molecular formula is C14H17N3O3. The minimum absolute atomic E-state index is 0.178. The number of hydrogen-bond donors (Lipinski definition) is 1. The lowest BCUT2D eigenvalue weighted by atomic mass is 10.2. The third kappa shape index (κ3) is 2.90. The Kier molecular flexibility index (Phi) is 4.24. The van der Waals surface area contributed by atoms with Crippen molar-refractivity contribution < 1.29 is 14.3 Å². The lowest BCUT2D eigenvalue weighted by Crippen LogP contribution is -2.14. The van der Waals surface area contributed by atoms with Gasteiger partial charge in [0.25, 0.3) is 0 Å². The van der Waals surface area contributed by atoms with Crippen LogP contribution in [-0.4, -0.2) is 22.9 Å². The van der Waals surface area contributed by atoms with E-state index in [4.69, 9.17) is 15.2 Å². The molecule has 1 heterocycles. The van der Waals surface area contributed by atoms with Crippen molar-refractivity contribution in [1.82, 2.24) is 9.78 Å². The molecule has 0 unspecified atom stereocenters. The van der Waals surface area contributed by atoms with Crippen LogP contribution in [0.1, 0.15) is 23.0 Å². The van der Waals surface area contributed by atoms with E-state index in [-0.39, 0.29) is 6.61 Å². The molecule has 0 spiro atoms. The van der Waals surface area contributed by atoms with E-state index in [1.165, 1.54) is 10.9 Å². The first kappa shape index (κ1) is 13.9. The summed E-state index contributed by atoms with van der Waals surface area (Å²) in [5, 5.41) is 4.01. The molecule has 6 nitrogen and oxygen atoms in total. The molecule has 0 bridgehead atoms. The number of rotatable bonds is 5. The molecule has 20 heavy (non-hydrogen) atoms. The van der Waals surface area contributed by atoms with E-state index in [2.05, 4.69) is 5.10 Å². The van der Waals surface area contributed by atoms with E-state index in [1.807, 2.05) is 31.2 Å². The van der Waals surface area contributed by atoms with E-state index in [1.54, 1.807) is 7.11 Å². The van der Waals surface area contributed by atoms with Crippen molar-refractivity contribution in [3.05, 3.63) is 41.7 Å². The van der Waals surface area contributed by atoms with Crippen LogP contribution in [0, 0.1) is 0 Å². The Morgan fingerprint density at radius 3 is 2.65 bits per heavy atom. The SMILES string of the molecule is CCn1ncc(N)c1C(=O)OCc1ccc(OC)cc1. The van der Waals surface area contributed by atoms with Gasteiger partial charge in [-0.15, -0.1) is 0 Å². The molecule has 0 aliphatic carbocycles. The average Bonchev–Trinajstić information content (AvgIpc) is 2.86. The van der Waals surface area contributed by atoms with Gasteiger partial charge in [-0.3, -0.25) is 4.68 Å². The molecule has 0 amide bonds. The Morgan fingerprint density at radius 2 is 2.05 bits per heavy atom. The predicted molar refractivity (Wildman–Crippen MR) is 74.4 cm³/mol. The number of nitrogens with two attached hydrogens (primary N) is 1. The lowest BCUT2D eigenvalue weighted by molar-refractivity contribution is 0.0459. The number of benzene rings is 1. The summed E-state index contributed by atoms with van der Waals surface area (Å²) in [6.07, 6.45) is 1.45. The summed E-state index contributed by atoms with van der Waals surface area (Å²) in [5.74, 6) is 0.283. The van der Waals surface area contributed by atoms with Crippen LogP contribution < -0.4 is 10.5 Å². The first-order valence-corrected chi connectivity index (χ1v) is 6.27. The molecule has 2 N–H and O–H groups in total. The fourth-order valence-electron chi connectivity index (χ4n) is 1.80.